The Morgan fingerprint density at radius 2 is 1.89 bits per heavy atom. The summed E-state index contributed by atoms with van der Waals surface area (Å²) >= 11 is 0. The van der Waals surface area contributed by atoms with Crippen molar-refractivity contribution in [3.05, 3.63) is 118 Å². The van der Waals surface area contributed by atoms with Gasteiger partial charge in [-0.25, -0.2) is 24.1 Å². The zero-order chi connectivity index (χ0) is 32.1. The molecule has 3 aromatic carbocycles. The predicted octanol–water partition coefficient (Wildman–Crippen LogP) is 0.0300. The molecule has 0 spiro atoms. The van der Waals surface area contributed by atoms with Crippen molar-refractivity contribution < 1.29 is 14.1 Å². The molecule has 1 aliphatic carbocycles. The van der Waals surface area contributed by atoms with E-state index >= 15 is 0 Å². The number of aryl methyl sites for hydroxylation is 1. The van der Waals surface area contributed by atoms with E-state index in [2.05, 4.69) is 45.8 Å². The van der Waals surface area contributed by atoms with Gasteiger partial charge in [-0.15, -0.1) is 5.10 Å². The van der Waals surface area contributed by atoms with Crippen LogP contribution in [0.3, 0.4) is 0 Å². The quantitative estimate of drug-likeness (QED) is 0.123. The number of nitrogen functional groups attached to an aromatic ring is 1. The number of anilines is 3. The van der Waals surface area contributed by atoms with Gasteiger partial charge in [-0.05, 0) is 53.8 Å². The van der Waals surface area contributed by atoms with E-state index in [0.717, 1.165) is 15.5 Å². The molecular formula is C29H22N10O7. The molecule has 1 aliphatic rings. The van der Waals surface area contributed by atoms with Gasteiger partial charge in [0.1, 0.15) is 22.8 Å². The number of amides is 2. The van der Waals surface area contributed by atoms with Crippen LogP contribution in [0.1, 0.15) is 50.1 Å². The molecule has 0 saturated heterocycles. The Labute approximate surface area is 255 Å². The number of rotatable bonds is 8. The van der Waals surface area contributed by atoms with Crippen LogP contribution < -0.4 is 44.0 Å². The summed E-state index contributed by atoms with van der Waals surface area (Å²) in [6, 6.07) is 13.0. The first-order chi connectivity index (χ1) is 22.2. The minimum atomic E-state index is -0.743. The standard InChI is InChI=1S/C29H22N10O7/c30-20-21(23(41)22(20)40)32-15-3-1-2-12(8-15)11-31-25(42)18-10-19(39-27(34-18)36-37-28(39)44)26(43)33-17-7-5-13-9-14(4-6-16(13)17)24-35-29(45)46-38-24/h1-4,6,8-10,17,32H,5,7,11,30H2,(H,31,42)(H,33,43)(H,37,44)(H,35,38,45)/t17-/m0/s1. The minimum absolute atomic E-state index is 0.0127. The van der Waals surface area contributed by atoms with E-state index in [0.29, 0.717) is 35.5 Å². The van der Waals surface area contributed by atoms with Gasteiger partial charge in [0, 0.05) is 17.8 Å². The summed E-state index contributed by atoms with van der Waals surface area (Å²) in [5.74, 6) is -1.80. The van der Waals surface area contributed by atoms with Crippen molar-refractivity contribution in [1.29, 1.82) is 0 Å². The van der Waals surface area contributed by atoms with Crippen LogP contribution in [0.4, 0.5) is 17.1 Å². The number of aromatic nitrogens is 6. The zero-order valence-corrected chi connectivity index (χ0v) is 23.5. The number of nitrogens with two attached hydrogens (primary N) is 1. The molecule has 2 amide bonds. The Balaban J connectivity index is 1.08. The molecule has 230 valence electrons. The Bertz CT molecular complexity index is 2390. The average Bonchev–Trinajstić information content (AvgIpc) is 3.79. The van der Waals surface area contributed by atoms with Crippen LogP contribution in [0.25, 0.3) is 17.2 Å². The maximum absolute atomic E-state index is 13.5. The van der Waals surface area contributed by atoms with Crippen LogP contribution in [0.5, 0.6) is 0 Å². The number of aromatic amines is 2. The number of hydrogen-bond donors (Lipinski definition) is 6. The second-order valence-corrected chi connectivity index (χ2v) is 10.6. The molecule has 3 aromatic heterocycles. The van der Waals surface area contributed by atoms with Crippen LogP contribution in [-0.2, 0) is 13.0 Å². The number of carbonyl (C=O) groups excluding carboxylic acids is 2. The number of H-pyrrole nitrogens is 2. The first-order valence-electron chi connectivity index (χ1n) is 13.9. The van der Waals surface area contributed by atoms with Crippen molar-refractivity contribution in [3.63, 3.8) is 0 Å². The molecule has 0 unspecified atom stereocenters. The maximum Gasteiger partial charge on any atom is 0.439 e. The van der Waals surface area contributed by atoms with Gasteiger partial charge in [-0.3, -0.25) is 28.7 Å². The van der Waals surface area contributed by atoms with Crippen LogP contribution in [0, 0.1) is 0 Å². The molecule has 0 saturated carbocycles. The van der Waals surface area contributed by atoms with Gasteiger partial charge < -0.3 is 21.7 Å². The molecule has 0 bridgehead atoms. The fraction of sp³-hybridized carbons (Fsp3) is 0.138. The predicted molar refractivity (Wildman–Crippen MR) is 161 cm³/mol. The summed E-state index contributed by atoms with van der Waals surface area (Å²) in [4.78, 5) is 80.3. The van der Waals surface area contributed by atoms with Crippen LogP contribution in [0.15, 0.2) is 72.2 Å². The fourth-order valence-corrected chi connectivity index (χ4v) is 5.41. The number of carbonyl (C=O) groups is 2. The normalized spacial score (nSPS) is 14.0. The lowest BCUT2D eigenvalue weighted by molar-refractivity contribution is 0.0929. The Morgan fingerprint density at radius 1 is 1.04 bits per heavy atom. The summed E-state index contributed by atoms with van der Waals surface area (Å²) < 4.78 is 5.56. The van der Waals surface area contributed by atoms with Gasteiger partial charge in [0.2, 0.25) is 0 Å². The molecule has 46 heavy (non-hydrogen) atoms. The third-order valence-corrected chi connectivity index (χ3v) is 7.69. The van der Waals surface area contributed by atoms with Crippen molar-refractivity contribution in [3.8, 4) is 11.4 Å². The Morgan fingerprint density at radius 3 is 2.67 bits per heavy atom. The third-order valence-electron chi connectivity index (χ3n) is 7.69. The molecule has 0 radical (unpaired) electrons. The average molecular weight is 623 g/mol. The van der Waals surface area contributed by atoms with Gasteiger partial charge >= 0.3 is 11.4 Å². The molecule has 7 N–H and O–H groups in total. The van der Waals surface area contributed by atoms with E-state index in [1.807, 2.05) is 12.1 Å². The maximum atomic E-state index is 13.5. The zero-order valence-electron chi connectivity index (χ0n) is 23.5. The van der Waals surface area contributed by atoms with Crippen LogP contribution in [0.2, 0.25) is 0 Å². The van der Waals surface area contributed by atoms with E-state index in [1.54, 1.807) is 30.3 Å². The van der Waals surface area contributed by atoms with Crippen molar-refractivity contribution in [2.45, 2.75) is 25.4 Å². The minimum Gasteiger partial charge on any atom is -0.394 e. The highest BCUT2D eigenvalue weighted by atomic mass is 16.5. The molecule has 1 atom stereocenters. The monoisotopic (exact) mass is 622 g/mol. The van der Waals surface area contributed by atoms with E-state index in [-0.39, 0.29) is 35.1 Å². The SMILES string of the molecule is Nc1c(Nc2cccc(CNC(=O)c3cc(C(=O)N[C@H]4CCc5cc(-c6noc(=O)[nH]6)ccc54)n4c(=O)[nH]nc4n3)c2)c(=O)c1=O. The lowest BCUT2D eigenvalue weighted by Gasteiger charge is -2.15. The van der Waals surface area contributed by atoms with E-state index in [1.165, 1.54) is 6.07 Å². The highest BCUT2D eigenvalue weighted by molar-refractivity contribution is 5.98. The Kier molecular flexibility index (Phi) is 6.61. The number of fused-ring (bicyclic) bond motifs is 2. The highest BCUT2D eigenvalue weighted by Gasteiger charge is 2.27. The number of nitrogens with zero attached hydrogens (tertiary/aromatic N) is 4. The summed E-state index contributed by atoms with van der Waals surface area (Å²) in [5, 5.41) is 18.3. The van der Waals surface area contributed by atoms with Gasteiger partial charge in [0.15, 0.2) is 5.82 Å². The van der Waals surface area contributed by atoms with Crippen molar-refractivity contribution in [1.82, 2.24) is 40.4 Å². The lowest BCUT2D eigenvalue weighted by Crippen LogP contribution is -2.36. The lowest BCUT2D eigenvalue weighted by atomic mass is 10.0. The van der Waals surface area contributed by atoms with E-state index in [4.69, 9.17) is 5.73 Å². The van der Waals surface area contributed by atoms with E-state index < -0.39 is 40.2 Å². The molecule has 6 aromatic rings. The molecule has 7 rings (SSSR count). The van der Waals surface area contributed by atoms with Crippen molar-refractivity contribution in [2.24, 2.45) is 0 Å². The van der Waals surface area contributed by atoms with Crippen molar-refractivity contribution in [2.75, 3.05) is 11.1 Å². The second kappa shape index (κ2) is 10.8. The molecule has 0 fully saturated rings. The van der Waals surface area contributed by atoms with Gasteiger partial charge in [-0.2, -0.15) is 0 Å². The van der Waals surface area contributed by atoms with Gasteiger partial charge in [0.25, 0.3) is 28.4 Å². The fourth-order valence-electron chi connectivity index (χ4n) is 5.41. The summed E-state index contributed by atoms with van der Waals surface area (Å²) in [6.45, 7) is 0.0423. The largest absolute Gasteiger partial charge is 0.439 e. The number of hydrogen-bond acceptors (Lipinski definition) is 12. The molecule has 17 heteroatoms. The first-order valence-corrected chi connectivity index (χ1v) is 13.9. The second-order valence-electron chi connectivity index (χ2n) is 10.6. The van der Waals surface area contributed by atoms with Crippen LogP contribution in [-0.4, -0.2) is 41.5 Å². The summed E-state index contributed by atoms with van der Waals surface area (Å²) in [5.41, 5.74) is 6.59. The first kappa shape index (κ1) is 28.1. The van der Waals surface area contributed by atoms with Crippen LogP contribution >= 0.6 is 0 Å². The highest BCUT2D eigenvalue weighted by Crippen LogP contribution is 2.33. The molecule has 3 heterocycles. The van der Waals surface area contributed by atoms with E-state index in [9.17, 15) is 28.8 Å². The summed E-state index contributed by atoms with van der Waals surface area (Å²) in [6.07, 6.45) is 1.21. The Hall–Kier alpha value is -6.65. The van der Waals surface area contributed by atoms with Crippen molar-refractivity contribution >= 4 is 34.7 Å². The smallest absolute Gasteiger partial charge is 0.394 e. The van der Waals surface area contributed by atoms with Gasteiger partial charge in [-0.1, -0.05) is 29.4 Å². The molecule has 0 aliphatic heterocycles. The molecule has 17 nitrogen and oxygen atoms in total. The number of nitrogens with one attached hydrogen (secondary N) is 5. The molecular weight excluding hydrogens is 600 g/mol. The third kappa shape index (κ3) is 4.90. The van der Waals surface area contributed by atoms with Gasteiger partial charge in [0.05, 0.1) is 6.04 Å². The summed E-state index contributed by atoms with van der Waals surface area (Å²) in [7, 11) is 0. The number of benzene rings is 2. The topological polar surface area (TPSA) is 252 Å².